The number of fused-ring (bicyclic) bond motifs is 1. The Labute approximate surface area is 170 Å². The second-order valence-corrected chi connectivity index (χ2v) is 8.01. The van der Waals surface area contributed by atoms with Crippen molar-refractivity contribution in [2.45, 2.75) is 46.0 Å². The predicted octanol–water partition coefficient (Wildman–Crippen LogP) is 4.02. The second-order valence-electron chi connectivity index (χ2n) is 8.01. The van der Waals surface area contributed by atoms with Crippen molar-refractivity contribution in [1.29, 1.82) is 0 Å². The van der Waals surface area contributed by atoms with E-state index < -0.39 is 6.67 Å². The Morgan fingerprint density at radius 2 is 2.07 bits per heavy atom. The average Bonchev–Trinajstić information content (AvgIpc) is 3.31. The zero-order valence-corrected chi connectivity index (χ0v) is 17.2. The largest absolute Gasteiger partial charge is 0.348 e. The highest BCUT2D eigenvalue weighted by molar-refractivity contribution is 5.95. The van der Waals surface area contributed by atoms with Gasteiger partial charge in [0.05, 0.1) is 16.7 Å². The maximum atomic E-state index is 13.9. The molecule has 1 unspecified atom stereocenters. The van der Waals surface area contributed by atoms with Crippen molar-refractivity contribution in [1.82, 2.24) is 19.8 Å². The van der Waals surface area contributed by atoms with Gasteiger partial charge in [0.25, 0.3) is 5.91 Å². The quantitative estimate of drug-likeness (QED) is 0.711. The van der Waals surface area contributed by atoms with Crippen molar-refractivity contribution in [3.8, 4) is 5.69 Å². The number of alkyl halides is 1. The van der Waals surface area contributed by atoms with Crippen LogP contribution in [0.4, 0.5) is 4.39 Å². The van der Waals surface area contributed by atoms with Gasteiger partial charge in [-0.05, 0) is 57.5 Å². The fourth-order valence-electron chi connectivity index (χ4n) is 4.15. The lowest BCUT2D eigenvalue weighted by Crippen LogP contribution is -2.38. The number of aryl methyl sites for hydroxylation is 1. The summed E-state index contributed by atoms with van der Waals surface area (Å²) < 4.78 is 15.9. The lowest BCUT2D eigenvalue weighted by atomic mass is 10.1. The number of amides is 1. The van der Waals surface area contributed by atoms with Crippen LogP contribution in [0.15, 0.2) is 42.5 Å². The summed E-state index contributed by atoms with van der Waals surface area (Å²) in [5.41, 5.74) is 3.50. The van der Waals surface area contributed by atoms with Crippen molar-refractivity contribution in [3.05, 3.63) is 59.4 Å². The molecule has 6 heteroatoms. The van der Waals surface area contributed by atoms with Crippen LogP contribution in [0, 0.1) is 6.92 Å². The molecule has 4 rings (SSSR count). The molecule has 1 aliphatic heterocycles. The van der Waals surface area contributed by atoms with Gasteiger partial charge in [-0.2, -0.15) is 0 Å². The molecule has 3 aromatic rings. The molecule has 0 saturated carbocycles. The highest BCUT2D eigenvalue weighted by Crippen LogP contribution is 2.25. The number of rotatable bonds is 5. The summed E-state index contributed by atoms with van der Waals surface area (Å²) in [6.45, 7) is 7.44. The van der Waals surface area contributed by atoms with Crippen LogP contribution in [0.2, 0.25) is 0 Å². The van der Waals surface area contributed by atoms with Gasteiger partial charge in [-0.15, -0.1) is 0 Å². The third-order valence-electron chi connectivity index (χ3n) is 5.74. The van der Waals surface area contributed by atoms with E-state index in [2.05, 4.69) is 29.0 Å². The smallest absolute Gasteiger partial charge is 0.251 e. The number of benzene rings is 2. The van der Waals surface area contributed by atoms with E-state index >= 15 is 0 Å². The van der Waals surface area contributed by atoms with Crippen LogP contribution in [-0.4, -0.2) is 45.5 Å². The Balaban J connectivity index is 1.60. The number of nitrogens with one attached hydrogen (secondary N) is 1. The summed E-state index contributed by atoms with van der Waals surface area (Å²) in [7, 11) is 0. The molecule has 0 bridgehead atoms. The van der Waals surface area contributed by atoms with Crippen LogP contribution in [0.25, 0.3) is 16.7 Å². The normalized spacial score (nSPS) is 17.3. The van der Waals surface area contributed by atoms with Gasteiger partial charge in [-0.25, -0.2) is 9.37 Å². The highest BCUT2D eigenvalue weighted by atomic mass is 19.1. The molecule has 152 valence electrons. The number of halogens is 1. The monoisotopic (exact) mass is 394 g/mol. The molecule has 1 amide bonds. The van der Waals surface area contributed by atoms with E-state index in [0.717, 1.165) is 42.1 Å². The Kier molecular flexibility index (Phi) is 5.37. The van der Waals surface area contributed by atoms with Gasteiger partial charge in [0, 0.05) is 36.3 Å². The van der Waals surface area contributed by atoms with Gasteiger partial charge >= 0.3 is 0 Å². The molecule has 1 aromatic heterocycles. The molecule has 1 atom stereocenters. The fourth-order valence-corrected chi connectivity index (χ4v) is 4.15. The van der Waals surface area contributed by atoms with Gasteiger partial charge in [-0.1, -0.05) is 12.1 Å². The Hall–Kier alpha value is -2.73. The van der Waals surface area contributed by atoms with Crippen LogP contribution >= 0.6 is 0 Å². The molecular formula is C23H27FN4O. The Morgan fingerprint density at radius 1 is 1.28 bits per heavy atom. The highest BCUT2D eigenvalue weighted by Gasteiger charge is 2.26. The molecule has 29 heavy (non-hydrogen) atoms. The van der Waals surface area contributed by atoms with Crippen molar-refractivity contribution in [3.63, 3.8) is 0 Å². The first-order valence-corrected chi connectivity index (χ1v) is 10.2. The first-order chi connectivity index (χ1) is 14.0. The maximum Gasteiger partial charge on any atom is 0.251 e. The summed E-state index contributed by atoms with van der Waals surface area (Å²) in [6.07, 6.45) is 0.943. The number of carbonyl (C=O) groups excluding carboxylic acids is 1. The van der Waals surface area contributed by atoms with Crippen LogP contribution in [-0.2, 0) is 6.67 Å². The molecular weight excluding hydrogens is 367 g/mol. The van der Waals surface area contributed by atoms with E-state index in [1.54, 1.807) is 12.1 Å². The molecule has 1 fully saturated rings. The molecule has 2 heterocycles. The minimum atomic E-state index is -0.646. The first kappa shape index (κ1) is 19.6. The van der Waals surface area contributed by atoms with Gasteiger partial charge in [0.15, 0.2) is 0 Å². The average molecular weight is 394 g/mol. The van der Waals surface area contributed by atoms with Crippen LogP contribution in [0.5, 0.6) is 0 Å². The number of nitrogens with zero attached hydrogens (tertiary/aromatic N) is 3. The lowest BCUT2D eigenvalue weighted by molar-refractivity contribution is 0.0936. The van der Waals surface area contributed by atoms with Gasteiger partial charge in [-0.3, -0.25) is 14.3 Å². The molecule has 2 aromatic carbocycles. The molecule has 1 saturated heterocycles. The van der Waals surface area contributed by atoms with Crippen LogP contribution in [0.3, 0.4) is 0 Å². The third-order valence-corrected chi connectivity index (χ3v) is 5.74. The SMILES string of the molecule is Cc1nc2ccccc2n1-c1ccc(C(=O)NC2CCN(C(C)C)C2)cc1CF. The van der Waals surface area contributed by atoms with Crippen molar-refractivity contribution in [2.75, 3.05) is 13.1 Å². The Bertz CT molecular complexity index is 1040. The Morgan fingerprint density at radius 3 is 2.79 bits per heavy atom. The van der Waals surface area contributed by atoms with E-state index in [1.807, 2.05) is 41.8 Å². The van der Waals surface area contributed by atoms with E-state index in [4.69, 9.17) is 0 Å². The third kappa shape index (κ3) is 3.77. The molecule has 0 spiro atoms. The standard InChI is InChI=1S/C23H27FN4O/c1-15(2)27-11-10-19(14-27)26-23(29)17-8-9-21(18(12-17)13-24)28-16(3)25-20-6-4-5-7-22(20)28/h4-9,12,15,19H,10-11,13-14H2,1-3H3,(H,26,29). The van der Waals surface area contributed by atoms with E-state index in [-0.39, 0.29) is 11.9 Å². The van der Waals surface area contributed by atoms with Crippen LogP contribution in [0.1, 0.15) is 42.0 Å². The van der Waals surface area contributed by atoms with Crippen molar-refractivity contribution < 1.29 is 9.18 Å². The summed E-state index contributed by atoms with van der Waals surface area (Å²) in [4.78, 5) is 19.7. The summed E-state index contributed by atoms with van der Waals surface area (Å²) in [5, 5.41) is 3.10. The topological polar surface area (TPSA) is 50.2 Å². The number of carbonyl (C=O) groups is 1. The number of aromatic nitrogens is 2. The van der Waals surface area contributed by atoms with E-state index in [0.29, 0.717) is 17.2 Å². The zero-order chi connectivity index (χ0) is 20.5. The molecule has 0 radical (unpaired) electrons. The minimum absolute atomic E-state index is 0.137. The second kappa shape index (κ2) is 7.95. The predicted molar refractivity (Wildman–Crippen MR) is 113 cm³/mol. The number of hydrogen-bond acceptors (Lipinski definition) is 3. The summed E-state index contributed by atoms with van der Waals surface area (Å²) in [5.74, 6) is 0.645. The molecule has 5 nitrogen and oxygen atoms in total. The maximum absolute atomic E-state index is 13.9. The van der Waals surface area contributed by atoms with E-state index in [9.17, 15) is 9.18 Å². The molecule has 1 aliphatic rings. The molecule has 0 aliphatic carbocycles. The number of hydrogen-bond donors (Lipinski definition) is 1. The first-order valence-electron chi connectivity index (χ1n) is 10.2. The van der Waals surface area contributed by atoms with Gasteiger partial charge < -0.3 is 5.32 Å². The minimum Gasteiger partial charge on any atom is -0.348 e. The number of para-hydroxylation sites is 2. The number of likely N-dealkylation sites (tertiary alicyclic amines) is 1. The molecule has 1 N–H and O–H groups in total. The number of imidazole rings is 1. The van der Waals surface area contributed by atoms with Gasteiger partial charge in [0.1, 0.15) is 12.5 Å². The zero-order valence-electron chi connectivity index (χ0n) is 17.2. The van der Waals surface area contributed by atoms with Crippen molar-refractivity contribution in [2.24, 2.45) is 0 Å². The summed E-state index contributed by atoms with van der Waals surface area (Å²) in [6, 6.07) is 13.7. The summed E-state index contributed by atoms with van der Waals surface area (Å²) >= 11 is 0. The van der Waals surface area contributed by atoms with E-state index in [1.165, 1.54) is 0 Å². The van der Waals surface area contributed by atoms with Gasteiger partial charge in [0.2, 0.25) is 0 Å². The van der Waals surface area contributed by atoms with Crippen molar-refractivity contribution >= 4 is 16.9 Å². The lowest BCUT2D eigenvalue weighted by Gasteiger charge is -2.20. The fraction of sp³-hybridized carbons (Fsp3) is 0.391. The van der Waals surface area contributed by atoms with Crippen LogP contribution < -0.4 is 5.32 Å².